The quantitative estimate of drug-likeness (QED) is 0.856. The molecule has 8 heteroatoms. The van der Waals surface area contributed by atoms with E-state index in [2.05, 4.69) is 15.6 Å². The molecule has 136 valence electrons. The van der Waals surface area contributed by atoms with E-state index >= 15 is 0 Å². The lowest BCUT2D eigenvalue weighted by molar-refractivity contribution is -0.121. The highest BCUT2D eigenvalue weighted by molar-refractivity contribution is 6.30. The lowest BCUT2D eigenvalue weighted by Crippen LogP contribution is -2.43. The molecule has 0 radical (unpaired) electrons. The van der Waals surface area contributed by atoms with Crippen LogP contribution in [0, 0.1) is 11.7 Å². The molecule has 1 saturated heterocycles. The molecule has 0 saturated carbocycles. The number of para-hydroxylation sites is 1. The number of nitrogens with zero attached hydrogens (tertiary/aromatic N) is 2. The van der Waals surface area contributed by atoms with Gasteiger partial charge in [-0.2, -0.15) is 0 Å². The van der Waals surface area contributed by atoms with Crippen molar-refractivity contribution in [2.75, 3.05) is 23.7 Å². The second-order valence-corrected chi connectivity index (χ2v) is 6.46. The molecule has 2 aromatic rings. The first-order valence-corrected chi connectivity index (χ1v) is 8.63. The molecule has 6 nitrogen and oxygen atoms in total. The Bertz CT molecular complexity index is 792. The molecule has 0 aliphatic carbocycles. The summed E-state index contributed by atoms with van der Waals surface area (Å²) in [5.74, 6) is -0.372. The largest absolute Gasteiger partial charge is 0.324 e. The molecule has 0 unspecified atom stereocenters. The van der Waals surface area contributed by atoms with Gasteiger partial charge in [0.05, 0.1) is 10.7 Å². The predicted octanol–water partition coefficient (Wildman–Crippen LogP) is 3.76. The number of pyridine rings is 1. The van der Waals surface area contributed by atoms with Gasteiger partial charge in [-0.05, 0) is 37.1 Å². The Balaban J connectivity index is 1.50. The van der Waals surface area contributed by atoms with Crippen molar-refractivity contribution in [3.05, 3.63) is 53.4 Å². The predicted molar refractivity (Wildman–Crippen MR) is 97.6 cm³/mol. The minimum Gasteiger partial charge on any atom is -0.324 e. The van der Waals surface area contributed by atoms with E-state index in [0.717, 1.165) is 0 Å². The minimum absolute atomic E-state index is 0.131. The fraction of sp³-hybridized carbons (Fsp3) is 0.278. The third-order valence-corrected chi connectivity index (χ3v) is 4.47. The van der Waals surface area contributed by atoms with Crippen molar-refractivity contribution in [1.29, 1.82) is 0 Å². The highest BCUT2D eigenvalue weighted by atomic mass is 35.5. The van der Waals surface area contributed by atoms with E-state index in [1.165, 1.54) is 18.3 Å². The standard InChI is InChI=1S/C18H18ClFN4O2/c19-13-5-6-16(21-11-13)23-17(25)12-7-9-24(10-8-12)18(26)22-15-4-2-1-3-14(15)20/h1-6,11-12H,7-10H2,(H,22,26)(H,21,23,25). The molecular weight excluding hydrogens is 359 g/mol. The topological polar surface area (TPSA) is 74.3 Å². The number of rotatable bonds is 3. The van der Waals surface area contributed by atoms with E-state index in [0.29, 0.717) is 36.8 Å². The van der Waals surface area contributed by atoms with E-state index in [1.807, 2.05) is 0 Å². The summed E-state index contributed by atoms with van der Waals surface area (Å²) in [6.45, 7) is 0.846. The maximum absolute atomic E-state index is 13.6. The summed E-state index contributed by atoms with van der Waals surface area (Å²) in [7, 11) is 0. The van der Waals surface area contributed by atoms with Crippen LogP contribution in [0.3, 0.4) is 0 Å². The molecule has 1 aliphatic rings. The number of urea groups is 1. The molecule has 26 heavy (non-hydrogen) atoms. The molecular formula is C18H18ClFN4O2. The van der Waals surface area contributed by atoms with Crippen molar-refractivity contribution in [3.63, 3.8) is 0 Å². The summed E-state index contributed by atoms with van der Waals surface area (Å²) in [6.07, 6.45) is 2.53. The first-order chi connectivity index (χ1) is 12.5. The molecule has 0 bridgehead atoms. The lowest BCUT2D eigenvalue weighted by atomic mass is 9.96. The van der Waals surface area contributed by atoms with Gasteiger partial charge in [0.25, 0.3) is 0 Å². The fourth-order valence-electron chi connectivity index (χ4n) is 2.78. The van der Waals surface area contributed by atoms with Crippen molar-refractivity contribution in [2.24, 2.45) is 5.92 Å². The van der Waals surface area contributed by atoms with Gasteiger partial charge in [0, 0.05) is 25.2 Å². The van der Waals surface area contributed by atoms with Crippen molar-refractivity contribution in [1.82, 2.24) is 9.88 Å². The Morgan fingerprint density at radius 1 is 1.12 bits per heavy atom. The van der Waals surface area contributed by atoms with Gasteiger partial charge in [0.1, 0.15) is 11.6 Å². The Morgan fingerprint density at radius 2 is 1.85 bits per heavy atom. The number of carbonyl (C=O) groups excluding carboxylic acids is 2. The zero-order chi connectivity index (χ0) is 18.5. The van der Waals surface area contributed by atoms with Gasteiger partial charge in [0.2, 0.25) is 5.91 Å². The first-order valence-electron chi connectivity index (χ1n) is 8.26. The van der Waals surface area contributed by atoms with Crippen LogP contribution in [0.15, 0.2) is 42.6 Å². The van der Waals surface area contributed by atoms with Crippen LogP contribution in [0.1, 0.15) is 12.8 Å². The maximum atomic E-state index is 13.6. The van der Waals surface area contributed by atoms with Gasteiger partial charge in [-0.3, -0.25) is 4.79 Å². The second kappa shape index (κ2) is 8.14. The molecule has 1 aliphatic heterocycles. The molecule has 0 spiro atoms. The Hall–Kier alpha value is -2.67. The van der Waals surface area contributed by atoms with Crippen LogP contribution < -0.4 is 10.6 Å². The van der Waals surface area contributed by atoms with Crippen molar-refractivity contribution < 1.29 is 14.0 Å². The number of piperidine rings is 1. The van der Waals surface area contributed by atoms with Crippen LogP contribution in [0.25, 0.3) is 0 Å². The summed E-state index contributed by atoms with van der Waals surface area (Å²) in [5, 5.41) is 5.81. The van der Waals surface area contributed by atoms with Gasteiger partial charge in [-0.15, -0.1) is 0 Å². The van der Waals surface area contributed by atoms with Gasteiger partial charge in [-0.1, -0.05) is 23.7 Å². The smallest absolute Gasteiger partial charge is 0.321 e. The van der Waals surface area contributed by atoms with E-state index in [-0.39, 0.29) is 23.5 Å². The fourth-order valence-corrected chi connectivity index (χ4v) is 2.89. The summed E-state index contributed by atoms with van der Waals surface area (Å²) >= 11 is 5.77. The van der Waals surface area contributed by atoms with Crippen LogP contribution in [0.5, 0.6) is 0 Å². The Morgan fingerprint density at radius 3 is 2.50 bits per heavy atom. The van der Waals surface area contributed by atoms with Crippen LogP contribution in [0.2, 0.25) is 5.02 Å². The molecule has 1 fully saturated rings. The minimum atomic E-state index is -0.481. The number of amides is 3. The average molecular weight is 377 g/mol. The zero-order valence-electron chi connectivity index (χ0n) is 13.9. The Labute approximate surface area is 155 Å². The number of aromatic nitrogens is 1. The van der Waals surface area contributed by atoms with Crippen LogP contribution >= 0.6 is 11.6 Å². The van der Waals surface area contributed by atoms with Gasteiger partial charge in [-0.25, -0.2) is 14.2 Å². The molecule has 1 aromatic carbocycles. The summed E-state index contributed by atoms with van der Waals surface area (Å²) < 4.78 is 13.6. The third kappa shape index (κ3) is 4.49. The maximum Gasteiger partial charge on any atom is 0.321 e. The summed E-state index contributed by atoms with van der Waals surface area (Å²) in [4.78, 5) is 30.2. The van der Waals surface area contributed by atoms with Gasteiger partial charge < -0.3 is 15.5 Å². The SMILES string of the molecule is O=C(Nc1ccc(Cl)cn1)C1CCN(C(=O)Nc2ccccc2F)CC1. The summed E-state index contributed by atoms with van der Waals surface area (Å²) in [6, 6.07) is 8.93. The molecule has 0 atom stereocenters. The highest BCUT2D eigenvalue weighted by Crippen LogP contribution is 2.21. The molecule has 3 rings (SSSR count). The molecule has 2 N–H and O–H groups in total. The van der Waals surface area contributed by atoms with Crippen LogP contribution in [-0.2, 0) is 4.79 Å². The third-order valence-electron chi connectivity index (χ3n) is 4.25. The number of halogens is 2. The van der Waals surface area contributed by atoms with Crippen molar-refractivity contribution in [3.8, 4) is 0 Å². The average Bonchev–Trinajstić information content (AvgIpc) is 2.65. The van der Waals surface area contributed by atoms with E-state index in [1.54, 1.807) is 29.2 Å². The van der Waals surface area contributed by atoms with Crippen LogP contribution in [-0.4, -0.2) is 34.9 Å². The zero-order valence-corrected chi connectivity index (χ0v) is 14.7. The molecule has 1 aromatic heterocycles. The number of nitrogens with one attached hydrogen (secondary N) is 2. The van der Waals surface area contributed by atoms with Crippen LogP contribution in [0.4, 0.5) is 20.7 Å². The monoisotopic (exact) mass is 376 g/mol. The Kier molecular flexibility index (Phi) is 5.68. The lowest BCUT2D eigenvalue weighted by Gasteiger charge is -2.31. The first kappa shape index (κ1) is 18.1. The number of hydrogen-bond donors (Lipinski definition) is 2. The molecule has 2 heterocycles. The number of hydrogen-bond acceptors (Lipinski definition) is 3. The van der Waals surface area contributed by atoms with Gasteiger partial charge >= 0.3 is 6.03 Å². The normalized spacial score (nSPS) is 14.8. The number of likely N-dealkylation sites (tertiary alicyclic amines) is 1. The van der Waals surface area contributed by atoms with Crippen molar-refractivity contribution >= 4 is 35.0 Å². The van der Waals surface area contributed by atoms with E-state index < -0.39 is 5.82 Å². The van der Waals surface area contributed by atoms with Gasteiger partial charge in [0.15, 0.2) is 0 Å². The summed E-state index contributed by atoms with van der Waals surface area (Å²) in [5.41, 5.74) is 0.145. The van der Waals surface area contributed by atoms with E-state index in [4.69, 9.17) is 11.6 Å². The highest BCUT2D eigenvalue weighted by Gasteiger charge is 2.27. The second-order valence-electron chi connectivity index (χ2n) is 6.02. The number of carbonyl (C=O) groups is 2. The van der Waals surface area contributed by atoms with E-state index in [9.17, 15) is 14.0 Å². The number of benzene rings is 1. The number of anilines is 2. The van der Waals surface area contributed by atoms with Crippen molar-refractivity contribution in [2.45, 2.75) is 12.8 Å². The molecule has 3 amide bonds.